The minimum Gasteiger partial charge on any atom is -0.336 e. The first-order valence-electron chi connectivity index (χ1n) is 3.99. The molecule has 1 N–H and O–H groups in total. The molecule has 0 fully saturated rings. The predicted octanol–water partition coefficient (Wildman–Crippen LogP) is 3.10. The van der Waals surface area contributed by atoms with E-state index in [1.54, 1.807) is 6.92 Å². The summed E-state index contributed by atoms with van der Waals surface area (Å²) in [6.07, 6.45) is 1.96. The van der Waals surface area contributed by atoms with Crippen LogP contribution in [0.1, 0.15) is 11.1 Å². The molecule has 1 nitrogen and oxygen atoms in total. The van der Waals surface area contributed by atoms with Crippen LogP contribution in [-0.4, -0.2) is 12.1 Å². The van der Waals surface area contributed by atoms with Crippen LogP contribution in [0.4, 0.5) is 10.1 Å². The molecule has 1 rings (SSSR count). The highest BCUT2D eigenvalue weighted by molar-refractivity contribution is 8.14. The molecule has 3 heteroatoms. The van der Waals surface area contributed by atoms with Crippen molar-refractivity contribution in [3.8, 4) is 0 Å². The van der Waals surface area contributed by atoms with Gasteiger partial charge in [0, 0.05) is 5.69 Å². The zero-order valence-corrected chi connectivity index (χ0v) is 8.96. The van der Waals surface area contributed by atoms with Gasteiger partial charge in [-0.3, -0.25) is 0 Å². The summed E-state index contributed by atoms with van der Waals surface area (Å²) < 4.78 is 16.3. The lowest BCUT2D eigenvalue weighted by Gasteiger charge is -2.10. The molecular weight excluding hydrogens is 185 g/mol. The van der Waals surface area contributed by atoms with E-state index < -0.39 is 0 Å². The second-order valence-corrected chi connectivity index (χ2v) is 4.63. The first-order valence-corrected chi connectivity index (χ1v) is 5.80. The molecule has 0 spiro atoms. The van der Waals surface area contributed by atoms with E-state index >= 15 is 0 Å². The van der Waals surface area contributed by atoms with Gasteiger partial charge in [0.15, 0.2) is 0 Å². The van der Waals surface area contributed by atoms with Gasteiger partial charge in [0.1, 0.15) is 5.82 Å². The molecule has 0 saturated heterocycles. The highest BCUT2D eigenvalue weighted by atomic mass is 32.2. The van der Waals surface area contributed by atoms with Crippen molar-refractivity contribution in [2.24, 2.45) is 0 Å². The Labute approximate surface area is 81.0 Å². The van der Waals surface area contributed by atoms with E-state index in [9.17, 15) is 4.39 Å². The fourth-order valence-corrected chi connectivity index (χ4v) is 1.72. The van der Waals surface area contributed by atoms with Gasteiger partial charge in [-0.1, -0.05) is 11.9 Å². The van der Waals surface area contributed by atoms with Crippen molar-refractivity contribution < 1.29 is 4.39 Å². The Morgan fingerprint density at radius 2 is 1.92 bits per heavy atom. The van der Waals surface area contributed by atoms with E-state index in [-0.39, 0.29) is 16.5 Å². The molecule has 1 atom stereocenters. The Bertz CT molecular complexity index is 347. The highest BCUT2D eigenvalue weighted by Gasteiger charge is 2.02. The number of aryl methyl sites for hydroxylation is 2. The third kappa shape index (κ3) is 2.56. The summed E-state index contributed by atoms with van der Waals surface area (Å²) in [5, 5.41) is 0. The molecule has 0 heterocycles. The lowest BCUT2D eigenvalue weighted by molar-refractivity contribution is 0.619. The summed E-state index contributed by atoms with van der Waals surface area (Å²) in [5.74, 6) is 3.65. The second-order valence-electron chi connectivity index (χ2n) is 3.16. The Balaban J connectivity index is 3.08. The fraction of sp³-hybridized carbons (Fsp3) is 0.300. The van der Waals surface area contributed by atoms with Crippen molar-refractivity contribution in [2.45, 2.75) is 13.8 Å². The smallest absolute Gasteiger partial charge is 0.128 e. The summed E-state index contributed by atoms with van der Waals surface area (Å²) in [4.78, 5) is 0. The normalized spacial score (nSPS) is 12.6. The van der Waals surface area contributed by atoms with Crippen molar-refractivity contribution in [3.05, 3.63) is 29.1 Å². The lowest BCUT2D eigenvalue weighted by Crippen LogP contribution is -1.94. The maximum absolute atomic E-state index is 13.2. The molecule has 13 heavy (non-hydrogen) atoms. The topological polar surface area (TPSA) is 12.0 Å². The lowest BCUT2D eigenvalue weighted by atomic mass is 10.1. The van der Waals surface area contributed by atoms with Gasteiger partial charge in [-0.25, -0.2) is 4.39 Å². The van der Waals surface area contributed by atoms with Crippen LogP contribution in [0, 0.1) is 19.7 Å². The van der Waals surface area contributed by atoms with Crippen LogP contribution < -0.4 is 4.72 Å². The van der Waals surface area contributed by atoms with Crippen LogP contribution in [0.25, 0.3) is 0 Å². The van der Waals surface area contributed by atoms with Gasteiger partial charge < -0.3 is 4.72 Å². The summed E-state index contributed by atoms with van der Waals surface area (Å²) in [5.41, 5.74) is 2.58. The molecule has 0 bridgehead atoms. The maximum Gasteiger partial charge on any atom is 0.128 e. The van der Waals surface area contributed by atoms with Crippen molar-refractivity contribution in [1.29, 1.82) is 0 Å². The first-order chi connectivity index (χ1) is 6.00. The molecule has 0 aromatic heterocycles. The van der Waals surface area contributed by atoms with Gasteiger partial charge in [-0.05, 0) is 37.3 Å². The molecule has 72 valence electrons. The van der Waals surface area contributed by atoms with E-state index in [0.717, 1.165) is 11.3 Å². The van der Waals surface area contributed by atoms with Gasteiger partial charge >= 0.3 is 0 Å². The van der Waals surface area contributed by atoms with E-state index in [0.29, 0.717) is 5.56 Å². The highest BCUT2D eigenvalue weighted by Crippen LogP contribution is 2.22. The van der Waals surface area contributed by atoms with E-state index in [2.05, 4.69) is 10.6 Å². The minimum absolute atomic E-state index is 0.158. The zero-order valence-electron chi connectivity index (χ0n) is 8.15. The fourth-order valence-electron chi connectivity index (χ4n) is 1.12. The number of anilines is 1. The molecule has 1 aromatic carbocycles. The van der Waals surface area contributed by atoms with E-state index in [4.69, 9.17) is 0 Å². The second kappa shape index (κ2) is 3.92. The molecule has 0 aliphatic rings. The number of hydrogen-bond acceptors (Lipinski definition) is 1. The Morgan fingerprint density at radius 3 is 2.46 bits per heavy atom. The van der Waals surface area contributed by atoms with Crippen molar-refractivity contribution >= 4 is 22.2 Å². The van der Waals surface area contributed by atoms with E-state index in [1.165, 1.54) is 6.07 Å². The first kappa shape index (κ1) is 10.3. The number of halogens is 1. The largest absolute Gasteiger partial charge is 0.336 e. The van der Waals surface area contributed by atoms with Crippen LogP contribution in [0.15, 0.2) is 12.1 Å². The molecule has 0 aliphatic carbocycles. The number of hydrogen-bond donors (Lipinski definition) is 1. The third-order valence-electron chi connectivity index (χ3n) is 1.79. The minimum atomic E-state index is -0.168. The predicted molar refractivity (Wildman–Crippen MR) is 60.1 cm³/mol. The SMILES string of the molecule is C=S(C)Nc1cc(F)c(C)cc1C. The van der Waals surface area contributed by atoms with Crippen LogP contribution in [0.3, 0.4) is 0 Å². The Kier molecular flexibility index (Phi) is 3.09. The van der Waals surface area contributed by atoms with Crippen molar-refractivity contribution in [3.63, 3.8) is 0 Å². The Hall–Kier alpha value is -0.830. The summed E-state index contributed by atoms with van der Waals surface area (Å²) in [6, 6.07) is 3.36. The number of nitrogens with one attached hydrogen (secondary N) is 1. The molecular formula is C10H14FNS. The molecule has 0 saturated carbocycles. The molecule has 0 aliphatic heterocycles. The average Bonchev–Trinajstić information content (AvgIpc) is 1.99. The van der Waals surface area contributed by atoms with Crippen LogP contribution in [0.5, 0.6) is 0 Å². The number of rotatable bonds is 2. The van der Waals surface area contributed by atoms with Crippen LogP contribution >= 0.6 is 10.7 Å². The van der Waals surface area contributed by atoms with Gasteiger partial charge in [-0.15, -0.1) is 10.7 Å². The van der Waals surface area contributed by atoms with Crippen molar-refractivity contribution in [2.75, 3.05) is 11.0 Å². The zero-order chi connectivity index (χ0) is 10.0. The summed E-state index contributed by atoms with van der Waals surface area (Å²) in [7, 11) is -0.158. The van der Waals surface area contributed by atoms with Crippen LogP contribution in [0.2, 0.25) is 0 Å². The maximum atomic E-state index is 13.2. The Morgan fingerprint density at radius 1 is 1.31 bits per heavy atom. The van der Waals surface area contributed by atoms with Gasteiger partial charge in [-0.2, -0.15) is 0 Å². The average molecular weight is 199 g/mol. The summed E-state index contributed by atoms with van der Waals surface area (Å²) >= 11 is 0. The standard InChI is InChI=1S/C10H14FNS/c1-7-5-8(2)10(6-9(7)11)12-13(3)4/h5-6,12H,3H2,1-2,4H3. The number of benzene rings is 1. The van der Waals surface area contributed by atoms with Gasteiger partial charge in [0.25, 0.3) is 0 Å². The molecule has 1 aromatic rings. The van der Waals surface area contributed by atoms with E-state index in [1.807, 2.05) is 19.2 Å². The molecule has 1 unspecified atom stereocenters. The van der Waals surface area contributed by atoms with Gasteiger partial charge in [0.05, 0.1) is 0 Å². The molecule has 0 amide bonds. The summed E-state index contributed by atoms with van der Waals surface area (Å²) in [6.45, 7) is 3.73. The van der Waals surface area contributed by atoms with Crippen molar-refractivity contribution in [1.82, 2.24) is 0 Å². The monoisotopic (exact) mass is 199 g/mol. The molecule has 0 radical (unpaired) electrons. The van der Waals surface area contributed by atoms with Gasteiger partial charge in [0.2, 0.25) is 0 Å². The quantitative estimate of drug-likeness (QED) is 0.722. The van der Waals surface area contributed by atoms with Crippen LogP contribution in [-0.2, 0) is 0 Å². The third-order valence-corrected chi connectivity index (χ3v) is 2.36.